The molecule has 1 unspecified atom stereocenters. The molecule has 0 spiro atoms. The summed E-state index contributed by atoms with van der Waals surface area (Å²) in [5, 5.41) is 11.3. The molecule has 1 atom stereocenters. The van der Waals surface area contributed by atoms with E-state index in [1.807, 2.05) is 19.9 Å². The first-order chi connectivity index (χ1) is 6.17. The van der Waals surface area contributed by atoms with Gasteiger partial charge < -0.3 is 0 Å². The van der Waals surface area contributed by atoms with Gasteiger partial charge in [0.2, 0.25) is 6.04 Å². The number of aryl methyl sites for hydroxylation is 2. The molecule has 0 fully saturated rings. The standard InChI is InChI=1S/C9H9N3O/c1-6-3-7(2)11-8(4-6)9(5-10)12-13/h3-4,9H,1-2H3. The van der Waals surface area contributed by atoms with Gasteiger partial charge in [0.05, 0.1) is 11.8 Å². The summed E-state index contributed by atoms with van der Waals surface area (Å²) in [6.07, 6.45) is 0. The highest BCUT2D eigenvalue weighted by atomic mass is 16.3. The van der Waals surface area contributed by atoms with Gasteiger partial charge in [-0.25, -0.2) is 0 Å². The molecule has 0 radical (unpaired) electrons. The Morgan fingerprint density at radius 1 is 1.54 bits per heavy atom. The molecule has 0 saturated carbocycles. The van der Waals surface area contributed by atoms with E-state index >= 15 is 0 Å². The van der Waals surface area contributed by atoms with Gasteiger partial charge >= 0.3 is 0 Å². The van der Waals surface area contributed by atoms with Crippen LogP contribution in [-0.4, -0.2) is 4.98 Å². The van der Waals surface area contributed by atoms with E-state index in [1.165, 1.54) is 0 Å². The van der Waals surface area contributed by atoms with Crippen LogP contribution in [0.1, 0.15) is 23.0 Å². The summed E-state index contributed by atoms with van der Waals surface area (Å²) in [4.78, 5) is 14.3. The van der Waals surface area contributed by atoms with E-state index in [-0.39, 0.29) is 0 Å². The molecule has 0 aromatic carbocycles. The zero-order valence-corrected chi connectivity index (χ0v) is 7.48. The summed E-state index contributed by atoms with van der Waals surface area (Å²) in [7, 11) is 0. The third-order valence-corrected chi connectivity index (χ3v) is 1.63. The number of nitriles is 1. The van der Waals surface area contributed by atoms with Gasteiger partial charge in [-0.1, -0.05) is 0 Å². The topological polar surface area (TPSA) is 66.1 Å². The van der Waals surface area contributed by atoms with Gasteiger partial charge in [-0.2, -0.15) is 5.26 Å². The minimum Gasteiger partial charge on any atom is -0.255 e. The van der Waals surface area contributed by atoms with Crippen LogP contribution in [0.3, 0.4) is 0 Å². The smallest absolute Gasteiger partial charge is 0.219 e. The van der Waals surface area contributed by atoms with E-state index in [0.717, 1.165) is 11.3 Å². The van der Waals surface area contributed by atoms with Crippen molar-refractivity contribution in [3.8, 4) is 6.07 Å². The lowest BCUT2D eigenvalue weighted by molar-refractivity contribution is 0.855. The van der Waals surface area contributed by atoms with Crippen molar-refractivity contribution in [2.24, 2.45) is 5.18 Å². The predicted octanol–water partition coefficient (Wildman–Crippen LogP) is 2.03. The van der Waals surface area contributed by atoms with Crippen LogP contribution in [0.5, 0.6) is 0 Å². The first-order valence-corrected chi connectivity index (χ1v) is 3.84. The summed E-state index contributed by atoms with van der Waals surface area (Å²) >= 11 is 0. The van der Waals surface area contributed by atoms with Gasteiger partial charge in [-0.15, -0.1) is 4.91 Å². The van der Waals surface area contributed by atoms with Crippen molar-refractivity contribution < 1.29 is 0 Å². The van der Waals surface area contributed by atoms with E-state index in [4.69, 9.17) is 5.26 Å². The van der Waals surface area contributed by atoms with Crippen molar-refractivity contribution in [3.05, 3.63) is 34.0 Å². The Hall–Kier alpha value is -1.76. The van der Waals surface area contributed by atoms with Crippen molar-refractivity contribution in [2.45, 2.75) is 19.9 Å². The third-order valence-electron chi connectivity index (χ3n) is 1.63. The van der Waals surface area contributed by atoms with Gasteiger partial charge in [0, 0.05) is 5.69 Å². The van der Waals surface area contributed by atoms with E-state index in [2.05, 4.69) is 10.2 Å². The second-order valence-electron chi connectivity index (χ2n) is 2.85. The molecule has 0 bridgehead atoms. The molecule has 4 heteroatoms. The van der Waals surface area contributed by atoms with Crippen LogP contribution >= 0.6 is 0 Å². The van der Waals surface area contributed by atoms with Gasteiger partial charge in [0.15, 0.2) is 0 Å². The molecule has 0 aliphatic heterocycles. The van der Waals surface area contributed by atoms with Gasteiger partial charge in [0.25, 0.3) is 0 Å². The Balaban J connectivity index is 3.15. The van der Waals surface area contributed by atoms with Crippen molar-refractivity contribution >= 4 is 0 Å². The van der Waals surface area contributed by atoms with Crippen LogP contribution in [0.25, 0.3) is 0 Å². The van der Waals surface area contributed by atoms with Crippen molar-refractivity contribution in [3.63, 3.8) is 0 Å². The maximum absolute atomic E-state index is 10.2. The molecule has 1 rings (SSSR count). The molecule has 0 amide bonds. The monoisotopic (exact) mass is 175 g/mol. The number of aromatic nitrogens is 1. The van der Waals surface area contributed by atoms with Gasteiger partial charge in [-0.05, 0) is 36.7 Å². The fourth-order valence-corrected chi connectivity index (χ4v) is 1.16. The lowest BCUT2D eigenvalue weighted by Crippen LogP contribution is -1.97. The summed E-state index contributed by atoms with van der Waals surface area (Å²) in [5.41, 5.74) is 2.19. The molecule has 13 heavy (non-hydrogen) atoms. The van der Waals surface area contributed by atoms with Crippen LogP contribution in [0, 0.1) is 30.1 Å². The molecule has 0 aliphatic rings. The van der Waals surface area contributed by atoms with E-state index < -0.39 is 6.04 Å². The SMILES string of the molecule is Cc1cc(C)nc(C(C#N)N=O)c1. The van der Waals surface area contributed by atoms with Crippen LogP contribution in [0.4, 0.5) is 0 Å². The van der Waals surface area contributed by atoms with Crippen LogP contribution in [0.15, 0.2) is 17.3 Å². The van der Waals surface area contributed by atoms with Crippen LogP contribution < -0.4 is 0 Å². The fourth-order valence-electron chi connectivity index (χ4n) is 1.16. The Labute approximate surface area is 76.2 Å². The normalized spacial score (nSPS) is 11.8. The summed E-state index contributed by atoms with van der Waals surface area (Å²) in [6, 6.07) is 4.37. The first-order valence-electron chi connectivity index (χ1n) is 3.84. The maximum atomic E-state index is 10.2. The zero-order chi connectivity index (χ0) is 9.84. The Morgan fingerprint density at radius 2 is 2.23 bits per heavy atom. The number of nitrogens with zero attached hydrogens (tertiary/aromatic N) is 3. The van der Waals surface area contributed by atoms with Crippen molar-refractivity contribution in [1.29, 1.82) is 5.26 Å². The number of rotatable bonds is 2. The lowest BCUT2D eigenvalue weighted by atomic mass is 10.1. The number of hydrogen-bond donors (Lipinski definition) is 0. The highest BCUT2D eigenvalue weighted by molar-refractivity contribution is 5.24. The first kappa shape index (κ1) is 9.33. The largest absolute Gasteiger partial charge is 0.255 e. The quantitative estimate of drug-likeness (QED) is 0.646. The Kier molecular flexibility index (Phi) is 2.70. The van der Waals surface area contributed by atoms with Crippen molar-refractivity contribution in [1.82, 2.24) is 4.98 Å². The highest BCUT2D eigenvalue weighted by Gasteiger charge is 2.12. The summed E-state index contributed by atoms with van der Waals surface area (Å²) < 4.78 is 0. The van der Waals surface area contributed by atoms with E-state index in [1.54, 1.807) is 12.1 Å². The molecule has 1 aromatic rings. The number of nitroso groups, excluding NO2 is 1. The average Bonchev–Trinajstić information content (AvgIpc) is 2.04. The molecular formula is C9H9N3O. The molecule has 0 N–H and O–H groups in total. The van der Waals surface area contributed by atoms with Crippen molar-refractivity contribution in [2.75, 3.05) is 0 Å². The third kappa shape index (κ3) is 2.09. The van der Waals surface area contributed by atoms with Crippen LogP contribution in [0.2, 0.25) is 0 Å². The second-order valence-corrected chi connectivity index (χ2v) is 2.85. The Bertz CT molecular complexity index is 347. The molecule has 1 heterocycles. The molecule has 66 valence electrons. The number of pyridine rings is 1. The second kappa shape index (κ2) is 3.76. The fraction of sp³-hybridized carbons (Fsp3) is 0.333. The summed E-state index contributed by atoms with van der Waals surface area (Å²) in [6.45, 7) is 3.70. The van der Waals surface area contributed by atoms with E-state index in [0.29, 0.717) is 5.69 Å². The minimum absolute atomic E-state index is 0.426. The van der Waals surface area contributed by atoms with Gasteiger partial charge in [-0.3, -0.25) is 4.98 Å². The lowest BCUT2D eigenvalue weighted by Gasteiger charge is -2.02. The minimum atomic E-state index is -0.987. The van der Waals surface area contributed by atoms with E-state index in [9.17, 15) is 4.91 Å². The average molecular weight is 175 g/mol. The number of hydrogen-bond acceptors (Lipinski definition) is 4. The molecule has 0 aliphatic carbocycles. The zero-order valence-electron chi connectivity index (χ0n) is 7.48. The summed E-state index contributed by atoms with van der Waals surface area (Å²) in [5.74, 6) is 0. The van der Waals surface area contributed by atoms with Crippen LogP contribution in [-0.2, 0) is 0 Å². The van der Waals surface area contributed by atoms with Gasteiger partial charge in [0.1, 0.15) is 0 Å². The molecule has 0 saturated heterocycles. The Morgan fingerprint density at radius 3 is 2.69 bits per heavy atom. The molecule has 1 aromatic heterocycles. The highest BCUT2D eigenvalue weighted by Crippen LogP contribution is 2.15. The predicted molar refractivity (Wildman–Crippen MR) is 47.9 cm³/mol. The molecular weight excluding hydrogens is 166 g/mol. The molecule has 4 nitrogen and oxygen atoms in total. The maximum Gasteiger partial charge on any atom is 0.219 e.